The Kier molecular flexibility index (Phi) is 6.76. The zero-order valence-electron chi connectivity index (χ0n) is 20.1. The molecule has 184 valence electrons. The summed E-state index contributed by atoms with van der Waals surface area (Å²) < 4.78 is 12.3. The van der Waals surface area contributed by atoms with Crippen LogP contribution in [-0.4, -0.2) is 59.3 Å². The summed E-state index contributed by atoms with van der Waals surface area (Å²) in [6.07, 6.45) is 1.76. The van der Waals surface area contributed by atoms with Gasteiger partial charge in [-0.1, -0.05) is 12.1 Å². The zero-order valence-corrected chi connectivity index (χ0v) is 20.1. The van der Waals surface area contributed by atoms with Gasteiger partial charge in [0.2, 0.25) is 0 Å². The number of amides is 1. The van der Waals surface area contributed by atoms with E-state index < -0.39 is 0 Å². The third kappa shape index (κ3) is 5.28. The van der Waals surface area contributed by atoms with E-state index in [-0.39, 0.29) is 5.91 Å². The Morgan fingerprint density at radius 1 is 1.03 bits per heavy atom. The summed E-state index contributed by atoms with van der Waals surface area (Å²) in [6.45, 7) is 3.08. The number of anilines is 4. The second-order valence-electron chi connectivity index (χ2n) is 8.33. The summed E-state index contributed by atoms with van der Waals surface area (Å²) in [6, 6.07) is 18.7. The van der Waals surface area contributed by atoms with Crippen LogP contribution in [0.5, 0.6) is 5.75 Å². The number of morpholine rings is 1. The summed E-state index contributed by atoms with van der Waals surface area (Å²) in [5.74, 6) is 1.14. The number of nitrogens with zero attached hydrogens (tertiary/aromatic N) is 5. The number of aryl methyl sites for hydroxylation is 1. The summed E-state index contributed by atoms with van der Waals surface area (Å²) in [5, 5.41) is 19.0. The van der Waals surface area contributed by atoms with E-state index in [1.165, 1.54) is 0 Å². The predicted molar refractivity (Wildman–Crippen MR) is 138 cm³/mol. The van der Waals surface area contributed by atoms with Gasteiger partial charge in [0.05, 0.1) is 37.9 Å². The highest BCUT2D eigenvalue weighted by Gasteiger charge is 2.16. The van der Waals surface area contributed by atoms with Gasteiger partial charge >= 0.3 is 0 Å². The molecular weight excluding hydrogens is 458 g/mol. The van der Waals surface area contributed by atoms with E-state index in [2.05, 4.69) is 30.8 Å². The van der Waals surface area contributed by atoms with Gasteiger partial charge in [0.1, 0.15) is 11.4 Å². The fourth-order valence-electron chi connectivity index (χ4n) is 4.00. The number of methoxy groups -OCH3 is 1. The van der Waals surface area contributed by atoms with Crippen LogP contribution < -0.4 is 20.3 Å². The van der Waals surface area contributed by atoms with Gasteiger partial charge in [-0.3, -0.25) is 9.48 Å². The van der Waals surface area contributed by atoms with Gasteiger partial charge in [-0.2, -0.15) is 10.2 Å². The zero-order chi connectivity index (χ0) is 24.9. The van der Waals surface area contributed by atoms with E-state index in [1.807, 2.05) is 54.6 Å². The normalized spacial score (nSPS) is 13.3. The topological polar surface area (TPSA) is 106 Å². The lowest BCUT2D eigenvalue weighted by Gasteiger charge is -2.28. The molecule has 1 aliphatic heterocycles. The van der Waals surface area contributed by atoms with E-state index >= 15 is 0 Å². The lowest BCUT2D eigenvalue weighted by Crippen LogP contribution is -2.36. The molecule has 0 saturated carbocycles. The molecule has 1 amide bonds. The maximum atomic E-state index is 12.9. The van der Waals surface area contributed by atoms with E-state index in [0.29, 0.717) is 36.1 Å². The van der Waals surface area contributed by atoms with E-state index in [0.717, 1.165) is 35.8 Å². The molecule has 2 N–H and O–H groups in total. The van der Waals surface area contributed by atoms with Gasteiger partial charge in [-0.15, -0.1) is 5.10 Å². The first-order valence-corrected chi connectivity index (χ1v) is 11.6. The minimum absolute atomic E-state index is 0.246. The van der Waals surface area contributed by atoms with E-state index in [1.54, 1.807) is 31.1 Å². The summed E-state index contributed by atoms with van der Waals surface area (Å²) in [4.78, 5) is 15.1. The molecule has 10 heteroatoms. The van der Waals surface area contributed by atoms with Crippen LogP contribution in [0.2, 0.25) is 0 Å². The first-order chi connectivity index (χ1) is 17.6. The minimum Gasteiger partial charge on any atom is -0.497 e. The first-order valence-electron chi connectivity index (χ1n) is 11.6. The molecule has 3 heterocycles. The van der Waals surface area contributed by atoms with Crippen molar-refractivity contribution in [1.29, 1.82) is 0 Å². The van der Waals surface area contributed by atoms with E-state index in [4.69, 9.17) is 9.47 Å². The average Bonchev–Trinajstić information content (AvgIpc) is 3.32. The van der Waals surface area contributed by atoms with Crippen LogP contribution in [0.25, 0.3) is 11.3 Å². The van der Waals surface area contributed by atoms with Gasteiger partial charge < -0.3 is 25.0 Å². The molecule has 0 aliphatic carbocycles. The summed E-state index contributed by atoms with van der Waals surface area (Å²) in [7, 11) is 3.37. The molecule has 0 atom stereocenters. The largest absolute Gasteiger partial charge is 0.497 e. The standard InChI is InChI=1S/C26H27N7O3/c1-32-24(16-23(31-32)18-4-3-5-22(14-18)35-2)26(34)29-20-8-6-19(7-9-20)28-25-15-21(17-27-30-25)33-10-12-36-13-11-33/h3-9,14-17H,10-13H2,1-2H3,(H,28,30)(H,29,34). The second kappa shape index (κ2) is 10.4. The first kappa shape index (κ1) is 23.3. The number of rotatable bonds is 7. The number of benzene rings is 2. The van der Waals surface area contributed by atoms with Gasteiger partial charge in [0, 0.05) is 43.1 Å². The predicted octanol–water partition coefficient (Wildman–Crippen LogP) is 3.72. The Balaban J connectivity index is 1.24. The molecule has 2 aromatic heterocycles. The fraction of sp³-hybridized carbons (Fsp3) is 0.231. The molecule has 4 aromatic rings. The Morgan fingerprint density at radius 3 is 2.58 bits per heavy atom. The molecule has 0 bridgehead atoms. The van der Waals surface area contributed by atoms with Crippen LogP contribution >= 0.6 is 0 Å². The lowest BCUT2D eigenvalue weighted by atomic mass is 10.1. The van der Waals surface area contributed by atoms with Crippen molar-refractivity contribution in [3.63, 3.8) is 0 Å². The molecule has 10 nitrogen and oxygen atoms in total. The van der Waals surface area contributed by atoms with Crippen molar-refractivity contribution in [3.05, 3.63) is 72.6 Å². The molecular formula is C26H27N7O3. The van der Waals surface area contributed by atoms with Crippen molar-refractivity contribution in [2.45, 2.75) is 0 Å². The molecule has 1 fully saturated rings. The van der Waals surface area contributed by atoms with Crippen molar-refractivity contribution in [1.82, 2.24) is 20.0 Å². The van der Waals surface area contributed by atoms with Crippen molar-refractivity contribution >= 4 is 28.8 Å². The Bertz CT molecular complexity index is 1350. The third-order valence-electron chi connectivity index (χ3n) is 5.91. The second-order valence-corrected chi connectivity index (χ2v) is 8.33. The average molecular weight is 486 g/mol. The monoisotopic (exact) mass is 485 g/mol. The smallest absolute Gasteiger partial charge is 0.273 e. The van der Waals surface area contributed by atoms with Crippen LogP contribution in [0.3, 0.4) is 0 Å². The van der Waals surface area contributed by atoms with Gasteiger partial charge in [0.15, 0.2) is 5.82 Å². The third-order valence-corrected chi connectivity index (χ3v) is 5.91. The highest BCUT2D eigenvalue weighted by Crippen LogP contribution is 2.25. The summed E-state index contributed by atoms with van der Waals surface area (Å²) >= 11 is 0. The maximum Gasteiger partial charge on any atom is 0.273 e. The Labute approximate surface area is 208 Å². The molecule has 2 aromatic carbocycles. The fourth-order valence-corrected chi connectivity index (χ4v) is 4.00. The van der Waals surface area contributed by atoms with Gasteiger partial charge in [-0.25, -0.2) is 0 Å². The molecule has 1 saturated heterocycles. The van der Waals surface area contributed by atoms with Crippen LogP contribution in [0, 0.1) is 0 Å². The number of hydrogen-bond donors (Lipinski definition) is 2. The molecule has 5 rings (SSSR count). The SMILES string of the molecule is COc1cccc(-c2cc(C(=O)Nc3ccc(Nc4cc(N5CCOCC5)cnn4)cc3)n(C)n2)c1. The number of carbonyl (C=O) groups is 1. The van der Waals surface area contributed by atoms with Crippen molar-refractivity contribution in [2.75, 3.05) is 48.9 Å². The summed E-state index contributed by atoms with van der Waals surface area (Å²) in [5.41, 5.74) is 4.53. The number of ether oxygens (including phenoxy) is 2. The van der Waals surface area contributed by atoms with Crippen LogP contribution in [0.15, 0.2) is 66.9 Å². The maximum absolute atomic E-state index is 12.9. The van der Waals surface area contributed by atoms with Crippen LogP contribution in [0.1, 0.15) is 10.5 Å². The molecule has 36 heavy (non-hydrogen) atoms. The van der Waals surface area contributed by atoms with Crippen molar-refractivity contribution < 1.29 is 14.3 Å². The Hall–Kier alpha value is -4.44. The van der Waals surface area contributed by atoms with Crippen molar-refractivity contribution in [2.24, 2.45) is 7.05 Å². The number of carbonyl (C=O) groups excluding carboxylic acids is 1. The van der Waals surface area contributed by atoms with Crippen LogP contribution in [0.4, 0.5) is 22.9 Å². The van der Waals surface area contributed by atoms with Crippen molar-refractivity contribution in [3.8, 4) is 17.0 Å². The van der Waals surface area contributed by atoms with Crippen LogP contribution in [-0.2, 0) is 11.8 Å². The molecule has 0 unspecified atom stereocenters. The van der Waals surface area contributed by atoms with Gasteiger partial charge in [0.25, 0.3) is 5.91 Å². The minimum atomic E-state index is -0.246. The number of aromatic nitrogens is 4. The van der Waals surface area contributed by atoms with Gasteiger partial charge in [-0.05, 0) is 42.5 Å². The lowest BCUT2D eigenvalue weighted by molar-refractivity contribution is 0.101. The highest BCUT2D eigenvalue weighted by atomic mass is 16.5. The quantitative estimate of drug-likeness (QED) is 0.408. The number of hydrogen-bond acceptors (Lipinski definition) is 8. The molecule has 0 spiro atoms. The molecule has 1 aliphatic rings. The number of nitrogens with one attached hydrogen (secondary N) is 2. The van der Waals surface area contributed by atoms with E-state index in [9.17, 15) is 4.79 Å². The highest BCUT2D eigenvalue weighted by molar-refractivity contribution is 6.03. The Morgan fingerprint density at radius 2 is 1.81 bits per heavy atom. The molecule has 0 radical (unpaired) electrons.